The normalized spacial score (nSPS) is 10.9. The number of nitrogens with one attached hydrogen (secondary N) is 1. The first kappa shape index (κ1) is 12.7. The van der Waals surface area contributed by atoms with Gasteiger partial charge in [-0.3, -0.25) is 0 Å². The number of rotatable bonds is 3. The summed E-state index contributed by atoms with van der Waals surface area (Å²) in [5, 5.41) is 7.31. The van der Waals surface area contributed by atoms with Crippen LogP contribution in [0.15, 0.2) is 18.2 Å². The molecule has 2 aromatic rings. The Morgan fingerprint density at radius 3 is 2.67 bits per heavy atom. The Morgan fingerprint density at radius 1 is 1.28 bits per heavy atom. The molecule has 5 heteroatoms. The van der Waals surface area contributed by atoms with E-state index in [0.717, 1.165) is 35.2 Å². The van der Waals surface area contributed by atoms with E-state index in [1.165, 1.54) is 4.68 Å². The molecule has 0 spiro atoms. The first-order valence-electron chi connectivity index (χ1n) is 5.69. The Morgan fingerprint density at radius 2 is 2.00 bits per heavy atom. The molecule has 0 aliphatic heterocycles. The van der Waals surface area contributed by atoms with E-state index in [2.05, 4.69) is 10.4 Å². The van der Waals surface area contributed by atoms with E-state index in [4.69, 9.17) is 0 Å². The maximum absolute atomic E-state index is 13.7. The third-order valence-corrected chi connectivity index (χ3v) is 2.93. The summed E-state index contributed by atoms with van der Waals surface area (Å²) in [5.74, 6) is -0.966. The quantitative estimate of drug-likeness (QED) is 0.908. The van der Waals surface area contributed by atoms with Gasteiger partial charge in [0.25, 0.3) is 0 Å². The van der Waals surface area contributed by atoms with Crippen LogP contribution in [0.25, 0.3) is 5.69 Å². The molecule has 1 heterocycles. The molecule has 0 fully saturated rings. The molecule has 3 nitrogen and oxygen atoms in total. The van der Waals surface area contributed by atoms with E-state index in [1.54, 1.807) is 0 Å². The van der Waals surface area contributed by atoms with Crippen molar-refractivity contribution in [3.05, 3.63) is 46.8 Å². The third-order valence-electron chi connectivity index (χ3n) is 2.93. The zero-order chi connectivity index (χ0) is 13.3. The molecule has 2 rings (SSSR count). The molecule has 1 aromatic heterocycles. The fraction of sp³-hybridized carbons (Fsp3) is 0.308. The molecule has 18 heavy (non-hydrogen) atoms. The van der Waals surface area contributed by atoms with E-state index >= 15 is 0 Å². The van der Waals surface area contributed by atoms with E-state index in [9.17, 15) is 8.78 Å². The average molecular weight is 251 g/mol. The van der Waals surface area contributed by atoms with Gasteiger partial charge >= 0.3 is 0 Å². The highest BCUT2D eigenvalue weighted by Gasteiger charge is 2.15. The number of hydrogen-bond acceptors (Lipinski definition) is 2. The van der Waals surface area contributed by atoms with Crippen molar-refractivity contribution in [1.82, 2.24) is 15.1 Å². The minimum absolute atomic E-state index is 0.137. The number of halogens is 2. The summed E-state index contributed by atoms with van der Waals surface area (Å²) < 4.78 is 28.4. The van der Waals surface area contributed by atoms with Gasteiger partial charge in [-0.15, -0.1) is 0 Å². The fourth-order valence-corrected chi connectivity index (χ4v) is 1.99. The predicted octanol–water partition coefficient (Wildman–Crippen LogP) is 2.49. The smallest absolute Gasteiger partial charge is 0.149 e. The van der Waals surface area contributed by atoms with Gasteiger partial charge in [-0.1, -0.05) is 0 Å². The molecule has 0 saturated carbocycles. The summed E-state index contributed by atoms with van der Waals surface area (Å²) in [6.07, 6.45) is 0. The molecule has 0 unspecified atom stereocenters. The van der Waals surface area contributed by atoms with Crippen molar-refractivity contribution >= 4 is 0 Å². The summed E-state index contributed by atoms with van der Waals surface area (Å²) in [6, 6.07) is 3.36. The molecule has 0 bridgehead atoms. The molecule has 0 aliphatic carbocycles. The third kappa shape index (κ3) is 2.13. The lowest BCUT2D eigenvalue weighted by molar-refractivity contribution is 0.584. The van der Waals surface area contributed by atoms with Crippen molar-refractivity contribution in [2.24, 2.45) is 0 Å². The van der Waals surface area contributed by atoms with Crippen LogP contribution in [0.2, 0.25) is 0 Å². The van der Waals surface area contributed by atoms with Crippen LogP contribution in [-0.2, 0) is 6.54 Å². The topological polar surface area (TPSA) is 29.9 Å². The standard InChI is InChI=1S/C13H15F2N3/c1-8-11(7-16-3)9(2)18(17-8)13-6-10(14)4-5-12(13)15/h4-6,16H,7H2,1-3H3. The molecule has 1 aromatic carbocycles. The summed E-state index contributed by atoms with van der Waals surface area (Å²) in [5.41, 5.74) is 2.76. The first-order chi connectivity index (χ1) is 8.54. The molecule has 1 N–H and O–H groups in total. The van der Waals surface area contributed by atoms with Crippen LogP contribution in [0.5, 0.6) is 0 Å². The zero-order valence-corrected chi connectivity index (χ0v) is 10.6. The Hall–Kier alpha value is -1.75. The van der Waals surface area contributed by atoms with Crippen LogP contribution in [-0.4, -0.2) is 16.8 Å². The highest BCUT2D eigenvalue weighted by molar-refractivity contribution is 5.38. The van der Waals surface area contributed by atoms with Crippen LogP contribution < -0.4 is 5.32 Å². The predicted molar refractivity (Wildman–Crippen MR) is 65.7 cm³/mol. The van der Waals surface area contributed by atoms with E-state index in [1.807, 2.05) is 20.9 Å². The van der Waals surface area contributed by atoms with E-state index in [0.29, 0.717) is 6.54 Å². The second kappa shape index (κ2) is 4.86. The Labute approximate surface area is 104 Å². The maximum atomic E-state index is 13.7. The maximum Gasteiger partial charge on any atom is 0.149 e. The minimum Gasteiger partial charge on any atom is -0.316 e. The Bertz CT molecular complexity index is 576. The highest BCUT2D eigenvalue weighted by Crippen LogP contribution is 2.20. The van der Waals surface area contributed by atoms with Crippen molar-refractivity contribution in [2.75, 3.05) is 7.05 Å². The molecule has 0 aliphatic rings. The lowest BCUT2D eigenvalue weighted by Gasteiger charge is -2.06. The van der Waals surface area contributed by atoms with Crippen LogP contribution in [0.3, 0.4) is 0 Å². The number of aryl methyl sites for hydroxylation is 1. The van der Waals surface area contributed by atoms with Crippen molar-refractivity contribution in [3.63, 3.8) is 0 Å². The number of aromatic nitrogens is 2. The van der Waals surface area contributed by atoms with Crippen LogP contribution in [0, 0.1) is 25.5 Å². The largest absolute Gasteiger partial charge is 0.316 e. The van der Waals surface area contributed by atoms with Gasteiger partial charge in [0.15, 0.2) is 0 Å². The molecule has 96 valence electrons. The van der Waals surface area contributed by atoms with Crippen molar-refractivity contribution < 1.29 is 8.78 Å². The average Bonchev–Trinajstić information content (AvgIpc) is 2.61. The lowest BCUT2D eigenvalue weighted by atomic mass is 10.2. The van der Waals surface area contributed by atoms with Gasteiger partial charge in [0, 0.05) is 23.9 Å². The van der Waals surface area contributed by atoms with Crippen LogP contribution >= 0.6 is 0 Å². The monoisotopic (exact) mass is 251 g/mol. The molecule has 0 saturated heterocycles. The highest BCUT2D eigenvalue weighted by atomic mass is 19.1. The van der Waals surface area contributed by atoms with Gasteiger partial charge in [-0.05, 0) is 33.0 Å². The van der Waals surface area contributed by atoms with Crippen LogP contribution in [0.1, 0.15) is 17.0 Å². The van der Waals surface area contributed by atoms with Crippen molar-refractivity contribution in [3.8, 4) is 5.69 Å². The van der Waals surface area contributed by atoms with Gasteiger partial charge in [-0.2, -0.15) is 5.10 Å². The van der Waals surface area contributed by atoms with Gasteiger partial charge < -0.3 is 5.32 Å². The second-order valence-electron chi connectivity index (χ2n) is 4.19. The van der Waals surface area contributed by atoms with Crippen LogP contribution in [0.4, 0.5) is 8.78 Å². The first-order valence-corrected chi connectivity index (χ1v) is 5.69. The number of benzene rings is 1. The number of hydrogen-bond donors (Lipinski definition) is 1. The van der Waals surface area contributed by atoms with Gasteiger partial charge in [-0.25, -0.2) is 13.5 Å². The minimum atomic E-state index is -0.488. The van der Waals surface area contributed by atoms with Gasteiger partial charge in [0.2, 0.25) is 0 Å². The SMILES string of the molecule is CNCc1c(C)nn(-c2cc(F)ccc2F)c1C. The Kier molecular flexibility index (Phi) is 3.43. The fourth-order valence-electron chi connectivity index (χ4n) is 1.99. The van der Waals surface area contributed by atoms with Gasteiger partial charge in [0.1, 0.15) is 17.3 Å². The molecular weight excluding hydrogens is 236 g/mol. The summed E-state index contributed by atoms with van der Waals surface area (Å²) in [7, 11) is 1.83. The molecule has 0 amide bonds. The second-order valence-corrected chi connectivity index (χ2v) is 4.19. The molecular formula is C13H15F2N3. The molecule has 0 radical (unpaired) electrons. The lowest BCUT2D eigenvalue weighted by Crippen LogP contribution is -2.08. The molecule has 0 atom stereocenters. The summed E-state index contributed by atoms with van der Waals surface area (Å²) in [4.78, 5) is 0. The van der Waals surface area contributed by atoms with E-state index in [-0.39, 0.29) is 5.69 Å². The van der Waals surface area contributed by atoms with Gasteiger partial charge in [0.05, 0.1) is 5.69 Å². The summed E-state index contributed by atoms with van der Waals surface area (Å²) >= 11 is 0. The van der Waals surface area contributed by atoms with E-state index < -0.39 is 11.6 Å². The Balaban J connectivity index is 2.57. The van der Waals surface area contributed by atoms with Crippen molar-refractivity contribution in [1.29, 1.82) is 0 Å². The van der Waals surface area contributed by atoms with Crippen molar-refractivity contribution in [2.45, 2.75) is 20.4 Å². The zero-order valence-electron chi connectivity index (χ0n) is 10.6. The summed E-state index contributed by atoms with van der Waals surface area (Å²) in [6.45, 7) is 4.35. The number of nitrogens with zero attached hydrogens (tertiary/aromatic N) is 2.